The summed E-state index contributed by atoms with van der Waals surface area (Å²) in [6.45, 7) is 2.60. The van der Waals surface area contributed by atoms with Gasteiger partial charge in [0, 0.05) is 37.6 Å². The van der Waals surface area contributed by atoms with Gasteiger partial charge in [-0.05, 0) is 43.2 Å². The Hall–Kier alpha value is -3.18. The molecule has 1 saturated heterocycles. The van der Waals surface area contributed by atoms with E-state index in [1.165, 1.54) is 23.7 Å². The third-order valence-electron chi connectivity index (χ3n) is 6.07. The number of pyridine rings is 1. The lowest BCUT2D eigenvalue weighted by atomic mass is 10.0. The largest absolute Gasteiger partial charge is 0.496 e. The molecule has 1 amide bonds. The molecule has 9 nitrogen and oxygen atoms in total. The van der Waals surface area contributed by atoms with Crippen molar-refractivity contribution in [1.29, 1.82) is 0 Å². The van der Waals surface area contributed by atoms with Gasteiger partial charge in [0.05, 0.1) is 18.7 Å². The standard InChI is InChI=1S/C22H26FN5O4S/c1-4-26(2)33(30,31)22-20(21(24)29)18-13-15(9-11-28(18)25-22)27-10-5-6-17(27)16-12-14(23)7-8-19(16)32-3/h7-9,11-13,17H,4-6,10H2,1-3H3,(H2,24,29). The maximum absolute atomic E-state index is 14.0. The normalized spacial score (nSPS) is 16.6. The molecule has 0 spiro atoms. The van der Waals surface area contributed by atoms with Gasteiger partial charge in [0.15, 0.2) is 0 Å². The number of anilines is 1. The SMILES string of the molecule is CCN(C)S(=O)(=O)c1nn2ccc(N3CCCC3c3cc(F)ccc3OC)cc2c1C(N)=O. The van der Waals surface area contributed by atoms with Gasteiger partial charge in [-0.1, -0.05) is 6.92 Å². The van der Waals surface area contributed by atoms with E-state index in [2.05, 4.69) is 10.00 Å². The van der Waals surface area contributed by atoms with Crippen molar-refractivity contribution in [3.8, 4) is 5.75 Å². The number of methoxy groups -OCH3 is 1. The second kappa shape index (κ2) is 8.64. The van der Waals surface area contributed by atoms with Gasteiger partial charge in [-0.15, -0.1) is 0 Å². The van der Waals surface area contributed by atoms with Gasteiger partial charge < -0.3 is 15.4 Å². The van der Waals surface area contributed by atoms with E-state index in [-0.39, 0.29) is 29.0 Å². The minimum absolute atomic E-state index is 0.146. The molecule has 3 heterocycles. The van der Waals surface area contributed by atoms with Crippen molar-refractivity contribution in [2.75, 3.05) is 32.1 Å². The lowest BCUT2D eigenvalue weighted by molar-refractivity contribution is 0.0998. The minimum Gasteiger partial charge on any atom is -0.496 e. The van der Waals surface area contributed by atoms with Crippen LogP contribution >= 0.6 is 0 Å². The zero-order valence-corrected chi connectivity index (χ0v) is 19.5. The van der Waals surface area contributed by atoms with E-state index in [0.717, 1.165) is 28.4 Å². The van der Waals surface area contributed by atoms with E-state index in [1.807, 2.05) is 0 Å². The quantitative estimate of drug-likeness (QED) is 0.562. The average Bonchev–Trinajstić information content (AvgIpc) is 3.43. The maximum Gasteiger partial charge on any atom is 0.262 e. The van der Waals surface area contributed by atoms with Crippen LogP contribution in [0.2, 0.25) is 0 Å². The third-order valence-corrected chi connectivity index (χ3v) is 7.92. The summed E-state index contributed by atoms with van der Waals surface area (Å²) >= 11 is 0. The van der Waals surface area contributed by atoms with Crippen molar-refractivity contribution in [2.45, 2.75) is 30.8 Å². The highest BCUT2D eigenvalue weighted by atomic mass is 32.2. The van der Waals surface area contributed by atoms with E-state index in [4.69, 9.17) is 10.5 Å². The lowest BCUT2D eigenvalue weighted by Gasteiger charge is -2.28. The number of benzene rings is 1. The van der Waals surface area contributed by atoms with E-state index < -0.39 is 15.9 Å². The Kier molecular flexibility index (Phi) is 6.02. The van der Waals surface area contributed by atoms with Crippen molar-refractivity contribution >= 4 is 27.1 Å². The lowest BCUT2D eigenvalue weighted by Crippen LogP contribution is -2.29. The third kappa shape index (κ3) is 3.91. The number of hydrogen-bond acceptors (Lipinski definition) is 6. The number of carbonyl (C=O) groups is 1. The molecule has 11 heteroatoms. The monoisotopic (exact) mass is 475 g/mol. The van der Waals surface area contributed by atoms with Crippen LogP contribution in [-0.2, 0) is 10.0 Å². The van der Waals surface area contributed by atoms with Gasteiger partial charge >= 0.3 is 0 Å². The average molecular weight is 476 g/mol. The summed E-state index contributed by atoms with van der Waals surface area (Å²) in [5.74, 6) is -0.641. The zero-order valence-electron chi connectivity index (χ0n) is 18.7. The van der Waals surface area contributed by atoms with Gasteiger partial charge in [-0.2, -0.15) is 9.40 Å². The molecule has 3 aromatic rings. The number of halogens is 1. The van der Waals surface area contributed by atoms with Gasteiger partial charge in [-0.25, -0.2) is 17.3 Å². The van der Waals surface area contributed by atoms with Gasteiger partial charge in [0.2, 0.25) is 5.03 Å². The van der Waals surface area contributed by atoms with Crippen molar-refractivity contribution in [3.63, 3.8) is 0 Å². The minimum atomic E-state index is -4.00. The Labute approximate surface area is 191 Å². The molecule has 33 heavy (non-hydrogen) atoms. The molecule has 1 atom stereocenters. The molecular weight excluding hydrogens is 449 g/mol. The predicted molar refractivity (Wildman–Crippen MR) is 121 cm³/mol. The Morgan fingerprint density at radius 2 is 2.09 bits per heavy atom. The molecular formula is C22H26FN5O4S. The Balaban J connectivity index is 1.84. The number of sulfonamides is 1. The number of ether oxygens (including phenoxy) is 1. The van der Waals surface area contributed by atoms with E-state index >= 15 is 0 Å². The highest BCUT2D eigenvalue weighted by Crippen LogP contribution is 2.40. The highest BCUT2D eigenvalue weighted by molar-refractivity contribution is 7.89. The zero-order chi connectivity index (χ0) is 23.9. The summed E-state index contributed by atoms with van der Waals surface area (Å²) in [6.07, 6.45) is 3.26. The first-order valence-corrected chi connectivity index (χ1v) is 12.0. The fourth-order valence-electron chi connectivity index (χ4n) is 4.29. The first-order chi connectivity index (χ1) is 15.7. The summed E-state index contributed by atoms with van der Waals surface area (Å²) in [5.41, 5.74) is 7.20. The fraction of sp³-hybridized carbons (Fsp3) is 0.364. The van der Waals surface area contributed by atoms with E-state index in [9.17, 15) is 17.6 Å². The maximum atomic E-state index is 14.0. The van der Waals surface area contributed by atoms with Crippen LogP contribution in [0, 0.1) is 5.82 Å². The van der Waals surface area contributed by atoms with Crippen LogP contribution in [0.5, 0.6) is 5.75 Å². The van der Waals surface area contributed by atoms with E-state index in [0.29, 0.717) is 17.8 Å². The van der Waals surface area contributed by atoms with Crippen LogP contribution in [0.25, 0.3) is 5.52 Å². The molecule has 176 valence electrons. The summed E-state index contributed by atoms with van der Waals surface area (Å²) < 4.78 is 47.8. The van der Waals surface area contributed by atoms with Gasteiger partial charge in [0.1, 0.15) is 17.1 Å². The van der Waals surface area contributed by atoms with Gasteiger partial charge in [0.25, 0.3) is 15.9 Å². The molecule has 4 rings (SSSR count). The molecule has 1 unspecified atom stereocenters. The number of rotatable bonds is 7. The second-order valence-electron chi connectivity index (χ2n) is 7.92. The molecule has 0 bridgehead atoms. The summed E-state index contributed by atoms with van der Waals surface area (Å²) in [6, 6.07) is 7.77. The predicted octanol–water partition coefficient (Wildman–Crippen LogP) is 2.56. The molecule has 1 aromatic carbocycles. The smallest absolute Gasteiger partial charge is 0.262 e. The summed E-state index contributed by atoms with van der Waals surface area (Å²) in [7, 11) is -1.04. The van der Waals surface area contributed by atoms with Gasteiger partial charge in [-0.3, -0.25) is 4.79 Å². The number of fused-ring (bicyclic) bond motifs is 1. The molecule has 1 aliphatic rings. The Morgan fingerprint density at radius 3 is 2.76 bits per heavy atom. The first kappa shape index (κ1) is 23.0. The Bertz CT molecular complexity index is 1320. The number of nitrogens with two attached hydrogens (primary N) is 1. The summed E-state index contributed by atoms with van der Waals surface area (Å²) in [4.78, 5) is 14.4. The topological polar surface area (TPSA) is 110 Å². The molecule has 1 fully saturated rings. The number of primary amides is 1. The molecule has 2 N–H and O–H groups in total. The molecule has 0 aliphatic carbocycles. The first-order valence-electron chi connectivity index (χ1n) is 10.6. The van der Waals surface area contributed by atoms with Crippen LogP contribution in [0.15, 0.2) is 41.6 Å². The molecule has 1 aliphatic heterocycles. The van der Waals surface area contributed by atoms with Crippen molar-refractivity contribution < 1.29 is 22.3 Å². The second-order valence-corrected chi connectivity index (χ2v) is 9.88. The van der Waals surface area contributed by atoms with Crippen LogP contribution < -0.4 is 15.4 Å². The number of nitrogens with zero attached hydrogens (tertiary/aromatic N) is 4. The molecule has 0 saturated carbocycles. The number of amides is 1. The van der Waals surface area contributed by atoms with E-state index in [1.54, 1.807) is 38.4 Å². The summed E-state index contributed by atoms with van der Waals surface area (Å²) in [5, 5.41) is 3.78. The molecule has 2 aromatic heterocycles. The van der Waals surface area contributed by atoms with Crippen molar-refractivity contribution in [3.05, 3.63) is 53.5 Å². The number of carbonyl (C=O) groups excluding carboxylic acids is 1. The van der Waals surface area contributed by atoms with Crippen LogP contribution in [0.1, 0.15) is 41.7 Å². The van der Waals surface area contributed by atoms with Crippen LogP contribution in [0.4, 0.5) is 10.1 Å². The number of aromatic nitrogens is 2. The van der Waals surface area contributed by atoms with Crippen LogP contribution in [0.3, 0.4) is 0 Å². The van der Waals surface area contributed by atoms with Crippen molar-refractivity contribution in [1.82, 2.24) is 13.9 Å². The highest BCUT2D eigenvalue weighted by Gasteiger charge is 2.33. The Morgan fingerprint density at radius 1 is 1.33 bits per heavy atom. The molecule has 0 radical (unpaired) electrons. The fourth-order valence-corrected chi connectivity index (χ4v) is 5.58. The van der Waals surface area contributed by atoms with Crippen LogP contribution in [-0.4, -0.2) is 55.5 Å². The number of hydrogen-bond donors (Lipinski definition) is 1. The van der Waals surface area contributed by atoms with Crippen molar-refractivity contribution in [2.24, 2.45) is 5.73 Å².